The maximum Gasteiger partial charge on any atom is 0.188 e. The highest BCUT2D eigenvalue weighted by Gasteiger charge is 2.21. The number of benzene rings is 1. The number of nitrogen functional groups attached to an aromatic ring is 1. The fraction of sp³-hybridized carbons (Fsp3) is 0.143. The van der Waals surface area contributed by atoms with E-state index in [1.54, 1.807) is 12.1 Å². The number of hydrogen-bond donors (Lipinski definition) is 1. The van der Waals surface area contributed by atoms with Crippen LogP contribution in [0.4, 0.5) is 10.2 Å². The second-order valence-corrected chi connectivity index (χ2v) is 5.63. The van der Waals surface area contributed by atoms with Gasteiger partial charge in [0, 0.05) is 0 Å². The largest absolute Gasteiger partial charge is 0.380 e. The Balaban J connectivity index is 2.22. The van der Waals surface area contributed by atoms with Gasteiger partial charge in [-0.3, -0.25) is 0 Å². The first-order valence-electron chi connectivity index (χ1n) is 6.01. The van der Waals surface area contributed by atoms with Gasteiger partial charge in [0.2, 0.25) is 0 Å². The number of aromatic nitrogens is 2. The molecule has 0 aliphatic carbocycles. The third-order valence-corrected chi connectivity index (χ3v) is 4.01. The SMILES string of the molecule is Cc1nc(C)c(-c2onc(N)c2-c2cccc(F)c2)s1. The normalized spacial score (nSPS) is 10.9. The van der Waals surface area contributed by atoms with E-state index in [-0.39, 0.29) is 11.6 Å². The topological polar surface area (TPSA) is 64.9 Å². The summed E-state index contributed by atoms with van der Waals surface area (Å²) in [5.74, 6) is 0.457. The number of anilines is 1. The summed E-state index contributed by atoms with van der Waals surface area (Å²) in [5.41, 5.74) is 7.97. The van der Waals surface area contributed by atoms with Crippen LogP contribution in [0.3, 0.4) is 0 Å². The first kappa shape index (κ1) is 12.8. The number of nitrogens with zero attached hydrogens (tertiary/aromatic N) is 2. The lowest BCUT2D eigenvalue weighted by Gasteiger charge is -2.01. The number of rotatable bonds is 2. The van der Waals surface area contributed by atoms with Crippen LogP contribution in [-0.4, -0.2) is 10.1 Å². The molecule has 20 heavy (non-hydrogen) atoms. The average Bonchev–Trinajstić information content (AvgIpc) is 2.92. The fourth-order valence-electron chi connectivity index (χ4n) is 2.12. The smallest absolute Gasteiger partial charge is 0.188 e. The summed E-state index contributed by atoms with van der Waals surface area (Å²) < 4.78 is 18.7. The van der Waals surface area contributed by atoms with Crippen molar-refractivity contribution in [2.75, 3.05) is 5.73 Å². The van der Waals surface area contributed by atoms with Crippen LogP contribution < -0.4 is 5.73 Å². The van der Waals surface area contributed by atoms with Crippen LogP contribution in [-0.2, 0) is 0 Å². The molecule has 3 rings (SSSR count). The molecular formula is C14H12FN3OS. The van der Waals surface area contributed by atoms with E-state index in [9.17, 15) is 4.39 Å². The van der Waals surface area contributed by atoms with E-state index in [1.165, 1.54) is 23.5 Å². The minimum atomic E-state index is -0.328. The van der Waals surface area contributed by atoms with Crippen molar-refractivity contribution >= 4 is 17.2 Å². The molecule has 0 bridgehead atoms. The molecule has 2 N–H and O–H groups in total. The summed E-state index contributed by atoms with van der Waals surface area (Å²) >= 11 is 1.50. The molecule has 0 fully saturated rings. The third kappa shape index (κ3) is 2.08. The van der Waals surface area contributed by atoms with E-state index in [2.05, 4.69) is 10.1 Å². The van der Waals surface area contributed by atoms with Gasteiger partial charge in [0.25, 0.3) is 0 Å². The predicted molar refractivity (Wildman–Crippen MR) is 76.9 cm³/mol. The van der Waals surface area contributed by atoms with Gasteiger partial charge in [-0.2, -0.15) is 0 Å². The van der Waals surface area contributed by atoms with E-state index in [1.807, 2.05) is 13.8 Å². The molecule has 6 heteroatoms. The summed E-state index contributed by atoms with van der Waals surface area (Å²) in [6.45, 7) is 3.82. The van der Waals surface area contributed by atoms with E-state index >= 15 is 0 Å². The minimum absolute atomic E-state index is 0.246. The number of thiazole rings is 1. The van der Waals surface area contributed by atoms with Gasteiger partial charge < -0.3 is 10.3 Å². The monoisotopic (exact) mass is 289 g/mol. The van der Waals surface area contributed by atoms with Crippen molar-refractivity contribution in [1.82, 2.24) is 10.1 Å². The maximum absolute atomic E-state index is 13.4. The lowest BCUT2D eigenvalue weighted by atomic mass is 10.0. The Morgan fingerprint density at radius 2 is 2.10 bits per heavy atom. The molecule has 0 saturated carbocycles. The highest BCUT2D eigenvalue weighted by atomic mass is 32.1. The maximum atomic E-state index is 13.4. The quantitative estimate of drug-likeness (QED) is 0.779. The van der Waals surface area contributed by atoms with Crippen molar-refractivity contribution in [3.05, 3.63) is 40.8 Å². The molecule has 1 aromatic carbocycles. The molecule has 2 aromatic heterocycles. The predicted octanol–water partition coefficient (Wildman–Crippen LogP) is 3.80. The van der Waals surface area contributed by atoms with E-state index in [0.717, 1.165) is 15.6 Å². The van der Waals surface area contributed by atoms with Crippen molar-refractivity contribution in [3.63, 3.8) is 0 Å². The standard InChI is InChI=1S/C14H12FN3OS/c1-7-13(20-8(2)17-7)12-11(14(16)18-19-12)9-4-3-5-10(15)6-9/h3-6H,1-2H3,(H2,16,18). The highest BCUT2D eigenvalue weighted by Crippen LogP contribution is 2.40. The first-order valence-corrected chi connectivity index (χ1v) is 6.83. The Morgan fingerprint density at radius 1 is 1.30 bits per heavy atom. The van der Waals surface area contributed by atoms with Gasteiger partial charge in [0.15, 0.2) is 11.6 Å². The van der Waals surface area contributed by atoms with Crippen LogP contribution in [0.2, 0.25) is 0 Å². The summed E-state index contributed by atoms with van der Waals surface area (Å²) in [7, 11) is 0. The summed E-state index contributed by atoms with van der Waals surface area (Å²) in [4.78, 5) is 5.23. The zero-order valence-corrected chi connectivity index (χ0v) is 11.8. The zero-order valence-electron chi connectivity index (χ0n) is 11.0. The minimum Gasteiger partial charge on any atom is -0.380 e. The van der Waals surface area contributed by atoms with Gasteiger partial charge in [-0.25, -0.2) is 9.37 Å². The first-order chi connectivity index (χ1) is 9.56. The molecule has 0 spiro atoms. The molecule has 0 atom stereocenters. The van der Waals surface area contributed by atoms with Crippen LogP contribution in [0.25, 0.3) is 21.8 Å². The Hall–Kier alpha value is -2.21. The van der Waals surface area contributed by atoms with Crippen molar-refractivity contribution in [2.45, 2.75) is 13.8 Å². The van der Waals surface area contributed by atoms with Crippen LogP contribution >= 0.6 is 11.3 Å². The molecule has 2 heterocycles. The molecule has 0 radical (unpaired) electrons. The second kappa shape index (κ2) is 4.72. The Morgan fingerprint density at radius 3 is 2.75 bits per heavy atom. The van der Waals surface area contributed by atoms with Crippen molar-refractivity contribution in [2.24, 2.45) is 0 Å². The van der Waals surface area contributed by atoms with Gasteiger partial charge in [0.1, 0.15) is 5.82 Å². The van der Waals surface area contributed by atoms with Gasteiger partial charge in [-0.15, -0.1) is 11.3 Å². The second-order valence-electron chi connectivity index (χ2n) is 4.43. The number of aryl methyl sites for hydroxylation is 2. The number of hydrogen-bond acceptors (Lipinski definition) is 5. The molecule has 4 nitrogen and oxygen atoms in total. The molecule has 0 aliphatic rings. The van der Waals surface area contributed by atoms with Gasteiger partial charge in [-0.1, -0.05) is 17.3 Å². The van der Waals surface area contributed by atoms with Crippen molar-refractivity contribution in [1.29, 1.82) is 0 Å². The van der Waals surface area contributed by atoms with Crippen LogP contribution in [0.5, 0.6) is 0 Å². The van der Waals surface area contributed by atoms with Crippen LogP contribution in [0.1, 0.15) is 10.7 Å². The Kier molecular flexibility index (Phi) is 3.02. The van der Waals surface area contributed by atoms with Gasteiger partial charge in [-0.05, 0) is 31.5 Å². The summed E-state index contributed by atoms with van der Waals surface area (Å²) in [5, 5.41) is 4.74. The third-order valence-electron chi connectivity index (χ3n) is 2.94. The number of halogens is 1. The molecule has 3 aromatic rings. The molecule has 102 valence electrons. The molecule has 0 amide bonds. The van der Waals surface area contributed by atoms with Crippen molar-refractivity contribution < 1.29 is 8.91 Å². The zero-order chi connectivity index (χ0) is 14.3. The average molecular weight is 289 g/mol. The van der Waals surface area contributed by atoms with Crippen LogP contribution in [0, 0.1) is 19.7 Å². The van der Waals surface area contributed by atoms with Crippen molar-refractivity contribution in [3.8, 4) is 21.8 Å². The lowest BCUT2D eigenvalue weighted by Crippen LogP contribution is -1.89. The molecule has 0 aliphatic heterocycles. The van der Waals surface area contributed by atoms with Crippen LogP contribution in [0.15, 0.2) is 28.8 Å². The van der Waals surface area contributed by atoms with Gasteiger partial charge in [0.05, 0.1) is 21.1 Å². The van der Waals surface area contributed by atoms with Gasteiger partial charge >= 0.3 is 0 Å². The molecule has 0 unspecified atom stereocenters. The Bertz CT molecular complexity index is 779. The highest BCUT2D eigenvalue weighted by molar-refractivity contribution is 7.15. The van der Waals surface area contributed by atoms with E-state index in [0.29, 0.717) is 16.9 Å². The number of nitrogens with two attached hydrogens (primary N) is 1. The molecular weight excluding hydrogens is 277 g/mol. The lowest BCUT2D eigenvalue weighted by molar-refractivity contribution is 0.436. The molecule has 0 saturated heterocycles. The van der Waals surface area contributed by atoms with E-state index < -0.39 is 0 Å². The fourth-order valence-corrected chi connectivity index (χ4v) is 3.03. The van der Waals surface area contributed by atoms with E-state index in [4.69, 9.17) is 10.3 Å². The summed E-state index contributed by atoms with van der Waals surface area (Å²) in [6.07, 6.45) is 0. The Labute approximate surface area is 119 Å². The summed E-state index contributed by atoms with van der Waals surface area (Å²) in [6, 6.07) is 6.20.